The van der Waals surface area contributed by atoms with Crippen molar-refractivity contribution in [1.82, 2.24) is 15.8 Å². The molecule has 1 atom stereocenters. The number of piperidine rings is 1. The van der Waals surface area contributed by atoms with Gasteiger partial charge in [0.05, 0.1) is 6.10 Å². The van der Waals surface area contributed by atoms with E-state index in [4.69, 9.17) is 4.74 Å². The van der Waals surface area contributed by atoms with Gasteiger partial charge in [-0.15, -0.1) is 0 Å². The maximum absolute atomic E-state index is 9.31. The minimum absolute atomic E-state index is 0.0995. The minimum atomic E-state index is -0.136. The van der Waals surface area contributed by atoms with Crippen LogP contribution in [0.5, 0.6) is 0 Å². The Labute approximate surface area is 79.0 Å². The van der Waals surface area contributed by atoms with E-state index in [9.17, 15) is 5.11 Å². The molecule has 5 nitrogen and oxygen atoms in total. The van der Waals surface area contributed by atoms with Crippen molar-refractivity contribution in [2.45, 2.75) is 25.3 Å². The molecular formula is C8H19N3O2. The number of nitrogens with one attached hydrogen (secondary N) is 2. The zero-order valence-electron chi connectivity index (χ0n) is 8.29. The van der Waals surface area contributed by atoms with Gasteiger partial charge in [-0.05, 0) is 19.9 Å². The number of ether oxygens (including phenoxy) is 1. The first kappa shape index (κ1) is 10.9. The van der Waals surface area contributed by atoms with Crippen molar-refractivity contribution in [2.24, 2.45) is 0 Å². The fraction of sp³-hybridized carbons (Fsp3) is 1.00. The number of hydrogen-bond donors (Lipinski definition) is 3. The molecule has 5 heteroatoms. The smallest absolute Gasteiger partial charge is 0.178 e. The lowest BCUT2D eigenvalue weighted by atomic mass is 10.1. The van der Waals surface area contributed by atoms with Crippen LogP contribution in [-0.2, 0) is 4.74 Å². The van der Waals surface area contributed by atoms with Gasteiger partial charge in [-0.2, -0.15) is 0 Å². The molecule has 1 aliphatic rings. The number of aliphatic hydroxyl groups is 1. The molecule has 0 saturated carbocycles. The third-order valence-corrected chi connectivity index (χ3v) is 2.32. The van der Waals surface area contributed by atoms with Crippen LogP contribution in [0.3, 0.4) is 0 Å². The molecule has 1 fully saturated rings. The molecule has 13 heavy (non-hydrogen) atoms. The molecule has 1 rings (SSSR count). The van der Waals surface area contributed by atoms with Gasteiger partial charge in [0.25, 0.3) is 0 Å². The summed E-state index contributed by atoms with van der Waals surface area (Å²) >= 11 is 0. The standard InChI is InChI=1S/C8H19N3O2/c1-9-10-8(13-2)11-5-3-7(12)4-6-11/h7-10,12H,3-6H2,1-2H3. The fourth-order valence-corrected chi connectivity index (χ4v) is 1.54. The van der Waals surface area contributed by atoms with Gasteiger partial charge in [-0.1, -0.05) is 0 Å². The van der Waals surface area contributed by atoms with E-state index < -0.39 is 0 Å². The Bertz CT molecular complexity index is 137. The summed E-state index contributed by atoms with van der Waals surface area (Å²) < 4.78 is 5.24. The van der Waals surface area contributed by atoms with Crippen LogP contribution < -0.4 is 10.9 Å². The molecule has 0 spiro atoms. The van der Waals surface area contributed by atoms with E-state index in [1.807, 2.05) is 7.05 Å². The molecule has 0 aliphatic carbocycles. The molecule has 3 N–H and O–H groups in total. The number of hydrogen-bond acceptors (Lipinski definition) is 5. The van der Waals surface area contributed by atoms with Crippen molar-refractivity contribution in [1.29, 1.82) is 0 Å². The Morgan fingerprint density at radius 3 is 2.54 bits per heavy atom. The second-order valence-corrected chi connectivity index (χ2v) is 3.25. The molecule has 0 aromatic carbocycles. The lowest BCUT2D eigenvalue weighted by Crippen LogP contribution is -2.54. The fourth-order valence-electron chi connectivity index (χ4n) is 1.54. The summed E-state index contributed by atoms with van der Waals surface area (Å²) in [6.07, 6.45) is 1.41. The quantitative estimate of drug-likeness (QED) is 0.395. The zero-order chi connectivity index (χ0) is 9.68. The van der Waals surface area contributed by atoms with E-state index in [2.05, 4.69) is 15.8 Å². The molecule has 1 heterocycles. The molecule has 1 saturated heterocycles. The lowest BCUT2D eigenvalue weighted by Gasteiger charge is -2.35. The van der Waals surface area contributed by atoms with Gasteiger partial charge in [0.15, 0.2) is 6.35 Å². The predicted octanol–water partition coefficient (Wildman–Crippen LogP) is -0.903. The van der Waals surface area contributed by atoms with Crippen LogP contribution in [-0.4, -0.2) is 49.7 Å². The Morgan fingerprint density at radius 1 is 1.46 bits per heavy atom. The van der Waals surface area contributed by atoms with Crippen LogP contribution in [0.2, 0.25) is 0 Å². The number of likely N-dealkylation sites (tertiary alicyclic amines) is 1. The summed E-state index contributed by atoms with van der Waals surface area (Å²) in [7, 11) is 3.48. The lowest BCUT2D eigenvalue weighted by molar-refractivity contribution is -0.0832. The highest BCUT2D eigenvalue weighted by atomic mass is 16.5. The molecule has 0 aromatic heterocycles. The van der Waals surface area contributed by atoms with Gasteiger partial charge in [-0.3, -0.25) is 10.3 Å². The van der Waals surface area contributed by atoms with E-state index in [0.717, 1.165) is 25.9 Å². The molecule has 78 valence electrons. The molecular weight excluding hydrogens is 170 g/mol. The van der Waals surface area contributed by atoms with Crippen LogP contribution in [0.4, 0.5) is 0 Å². The summed E-state index contributed by atoms with van der Waals surface area (Å²) in [6, 6.07) is 0. The highest BCUT2D eigenvalue weighted by Gasteiger charge is 2.22. The van der Waals surface area contributed by atoms with Crippen molar-refractivity contribution < 1.29 is 9.84 Å². The summed E-state index contributed by atoms with van der Waals surface area (Å²) in [5.41, 5.74) is 5.84. The monoisotopic (exact) mass is 189 g/mol. The summed E-state index contributed by atoms with van der Waals surface area (Å²) in [5, 5.41) is 9.31. The average Bonchev–Trinajstić information content (AvgIpc) is 2.16. The maximum atomic E-state index is 9.31. The SMILES string of the molecule is CNNC(OC)N1CCC(O)CC1. The van der Waals surface area contributed by atoms with E-state index in [0.29, 0.717) is 0 Å². The van der Waals surface area contributed by atoms with Crippen LogP contribution in [0.1, 0.15) is 12.8 Å². The third kappa shape index (κ3) is 3.21. The number of aliphatic hydroxyl groups excluding tert-OH is 1. The molecule has 0 bridgehead atoms. The Balaban J connectivity index is 2.32. The van der Waals surface area contributed by atoms with Gasteiger partial charge >= 0.3 is 0 Å². The van der Waals surface area contributed by atoms with Crippen LogP contribution in [0.15, 0.2) is 0 Å². The second-order valence-electron chi connectivity index (χ2n) is 3.25. The maximum Gasteiger partial charge on any atom is 0.178 e. The van der Waals surface area contributed by atoms with E-state index >= 15 is 0 Å². The molecule has 0 amide bonds. The highest BCUT2D eigenvalue weighted by molar-refractivity contribution is 4.71. The number of rotatable bonds is 4. The van der Waals surface area contributed by atoms with Crippen molar-refractivity contribution in [3.63, 3.8) is 0 Å². The van der Waals surface area contributed by atoms with E-state index in [-0.39, 0.29) is 12.5 Å². The zero-order valence-corrected chi connectivity index (χ0v) is 8.29. The van der Waals surface area contributed by atoms with Crippen molar-refractivity contribution in [3.8, 4) is 0 Å². The van der Waals surface area contributed by atoms with Gasteiger partial charge in [0.1, 0.15) is 0 Å². The number of hydrazine groups is 1. The Kier molecular flexibility index (Phi) is 4.61. The van der Waals surface area contributed by atoms with Crippen LogP contribution >= 0.6 is 0 Å². The molecule has 1 aliphatic heterocycles. The first-order chi connectivity index (χ1) is 6.27. The van der Waals surface area contributed by atoms with Gasteiger partial charge < -0.3 is 9.84 Å². The summed E-state index contributed by atoms with van der Waals surface area (Å²) in [5.74, 6) is 0. The third-order valence-electron chi connectivity index (χ3n) is 2.32. The largest absolute Gasteiger partial charge is 0.393 e. The van der Waals surface area contributed by atoms with Crippen molar-refractivity contribution in [3.05, 3.63) is 0 Å². The van der Waals surface area contributed by atoms with Crippen LogP contribution in [0, 0.1) is 0 Å². The van der Waals surface area contributed by atoms with Gasteiger partial charge in [-0.25, -0.2) is 5.43 Å². The van der Waals surface area contributed by atoms with E-state index in [1.165, 1.54) is 0 Å². The molecule has 1 unspecified atom stereocenters. The second kappa shape index (κ2) is 5.51. The predicted molar refractivity (Wildman–Crippen MR) is 49.8 cm³/mol. The summed E-state index contributed by atoms with van der Waals surface area (Å²) in [4.78, 5) is 2.16. The first-order valence-corrected chi connectivity index (χ1v) is 4.65. The Morgan fingerprint density at radius 2 is 2.08 bits per heavy atom. The normalized spacial score (nSPS) is 23.3. The number of methoxy groups -OCH3 is 1. The minimum Gasteiger partial charge on any atom is -0.393 e. The molecule has 0 radical (unpaired) electrons. The van der Waals surface area contributed by atoms with Crippen molar-refractivity contribution >= 4 is 0 Å². The Hall–Kier alpha value is -0.200. The van der Waals surface area contributed by atoms with Crippen molar-refractivity contribution in [2.75, 3.05) is 27.2 Å². The average molecular weight is 189 g/mol. The van der Waals surface area contributed by atoms with Gasteiger partial charge in [0, 0.05) is 20.2 Å². The van der Waals surface area contributed by atoms with Gasteiger partial charge in [0.2, 0.25) is 0 Å². The van der Waals surface area contributed by atoms with E-state index in [1.54, 1.807) is 7.11 Å². The molecule has 0 aromatic rings. The van der Waals surface area contributed by atoms with Crippen LogP contribution in [0.25, 0.3) is 0 Å². The topological polar surface area (TPSA) is 56.8 Å². The highest BCUT2D eigenvalue weighted by Crippen LogP contribution is 2.11. The first-order valence-electron chi connectivity index (χ1n) is 4.65. The number of nitrogens with zero attached hydrogens (tertiary/aromatic N) is 1. The summed E-state index contributed by atoms with van der Waals surface area (Å²) in [6.45, 7) is 1.74.